The number of nitrogens with one attached hydrogen (secondary N) is 1. The second-order valence-corrected chi connectivity index (χ2v) is 4.89. The maximum Gasteiger partial charge on any atom is 0.417 e. The number of rotatable bonds is 2. The van der Waals surface area contributed by atoms with Gasteiger partial charge >= 0.3 is 6.18 Å². The monoisotopic (exact) mass is 274 g/mol. The molecule has 1 fully saturated rings. The van der Waals surface area contributed by atoms with Gasteiger partial charge in [-0.3, -0.25) is 0 Å². The molecule has 0 spiro atoms. The lowest BCUT2D eigenvalue weighted by molar-refractivity contribution is -0.137. The van der Waals surface area contributed by atoms with Gasteiger partial charge in [-0.1, -0.05) is 19.3 Å². The summed E-state index contributed by atoms with van der Waals surface area (Å²) in [5, 5.41) is 12.9. The van der Waals surface area contributed by atoms with Crippen molar-refractivity contribution in [3.8, 4) is 0 Å². The highest BCUT2D eigenvalue weighted by Gasteiger charge is 2.30. The average Bonchev–Trinajstić information content (AvgIpc) is 2.55. The smallest absolute Gasteiger partial charge is 0.391 e. The van der Waals surface area contributed by atoms with Gasteiger partial charge in [0.2, 0.25) is 0 Å². The highest BCUT2D eigenvalue weighted by Crippen LogP contribution is 2.29. The number of aliphatic hydroxyl groups is 1. The minimum absolute atomic E-state index is 0.133. The average molecular weight is 274 g/mol. The number of pyridine rings is 1. The summed E-state index contributed by atoms with van der Waals surface area (Å²) in [7, 11) is 0. The Labute approximate surface area is 109 Å². The molecule has 19 heavy (non-hydrogen) atoms. The van der Waals surface area contributed by atoms with E-state index in [1.54, 1.807) is 0 Å². The minimum atomic E-state index is -4.37. The maximum atomic E-state index is 12.4. The molecule has 106 valence electrons. The maximum absolute atomic E-state index is 12.4. The normalized spacial score (nSPS) is 24.8. The predicted molar refractivity (Wildman–Crippen MR) is 65.7 cm³/mol. The Kier molecular flexibility index (Phi) is 4.29. The fraction of sp³-hybridized carbons (Fsp3) is 0.615. The zero-order valence-corrected chi connectivity index (χ0v) is 10.5. The second-order valence-electron chi connectivity index (χ2n) is 4.89. The second kappa shape index (κ2) is 5.77. The van der Waals surface area contributed by atoms with Crippen molar-refractivity contribution >= 4 is 5.82 Å². The predicted octanol–water partition coefficient (Wildman–Crippen LogP) is 3.21. The van der Waals surface area contributed by atoms with Gasteiger partial charge in [-0.25, -0.2) is 4.98 Å². The Morgan fingerprint density at radius 2 is 1.89 bits per heavy atom. The number of halogens is 3. The summed E-state index contributed by atoms with van der Waals surface area (Å²) in [6.45, 7) is 0. The molecule has 2 atom stereocenters. The van der Waals surface area contributed by atoms with Gasteiger partial charge in [-0.15, -0.1) is 0 Å². The van der Waals surface area contributed by atoms with Crippen LogP contribution in [0.4, 0.5) is 19.0 Å². The summed E-state index contributed by atoms with van der Waals surface area (Å²) in [5.74, 6) is 0.374. The molecule has 1 aromatic heterocycles. The number of aliphatic hydroxyl groups excluding tert-OH is 1. The fourth-order valence-corrected chi connectivity index (χ4v) is 2.29. The van der Waals surface area contributed by atoms with Gasteiger partial charge in [0, 0.05) is 6.20 Å². The molecule has 0 saturated heterocycles. The summed E-state index contributed by atoms with van der Waals surface area (Å²) in [4.78, 5) is 3.76. The highest BCUT2D eigenvalue weighted by molar-refractivity contribution is 5.37. The van der Waals surface area contributed by atoms with Crippen molar-refractivity contribution in [1.29, 1.82) is 0 Å². The highest BCUT2D eigenvalue weighted by atomic mass is 19.4. The van der Waals surface area contributed by atoms with Crippen LogP contribution in [-0.2, 0) is 6.18 Å². The summed E-state index contributed by atoms with van der Waals surface area (Å²) in [6, 6.07) is 2.17. The van der Waals surface area contributed by atoms with Crippen molar-refractivity contribution in [3.05, 3.63) is 23.9 Å². The summed E-state index contributed by atoms with van der Waals surface area (Å²) in [6.07, 6.45) is 0.581. The third-order valence-corrected chi connectivity index (χ3v) is 3.40. The Morgan fingerprint density at radius 3 is 2.53 bits per heavy atom. The van der Waals surface area contributed by atoms with Crippen LogP contribution < -0.4 is 5.32 Å². The Hall–Kier alpha value is -1.30. The van der Waals surface area contributed by atoms with E-state index < -0.39 is 17.8 Å². The lowest BCUT2D eigenvalue weighted by Crippen LogP contribution is -2.32. The van der Waals surface area contributed by atoms with E-state index in [0.29, 0.717) is 5.82 Å². The molecule has 0 aliphatic heterocycles. The zero-order chi connectivity index (χ0) is 13.9. The molecule has 0 amide bonds. The summed E-state index contributed by atoms with van der Waals surface area (Å²) < 4.78 is 37.2. The molecule has 0 radical (unpaired) electrons. The Bertz CT molecular complexity index is 405. The number of hydrogen-bond acceptors (Lipinski definition) is 3. The molecule has 0 aromatic carbocycles. The van der Waals surface area contributed by atoms with Crippen molar-refractivity contribution in [1.82, 2.24) is 4.98 Å². The number of alkyl halides is 3. The van der Waals surface area contributed by atoms with E-state index in [1.165, 1.54) is 6.07 Å². The Morgan fingerprint density at radius 1 is 1.16 bits per heavy atom. The van der Waals surface area contributed by atoms with E-state index in [0.717, 1.165) is 44.4 Å². The molecular weight excluding hydrogens is 257 g/mol. The summed E-state index contributed by atoms with van der Waals surface area (Å²) in [5.41, 5.74) is -0.764. The van der Waals surface area contributed by atoms with Crippen molar-refractivity contribution in [2.45, 2.75) is 50.4 Å². The largest absolute Gasteiger partial charge is 0.417 e. The van der Waals surface area contributed by atoms with E-state index >= 15 is 0 Å². The van der Waals surface area contributed by atoms with Crippen molar-refractivity contribution in [2.75, 3.05) is 5.32 Å². The van der Waals surface area contributed by atoms with Gasteiger partial charge in [0.1, 0.15) is 5.82 Å². The van der Waals surface area contributed by atoms with E-state index in [4.69, 9.17) is 0 Å². The van der Waals surface area contributed by atoms with Gasteiger partial charge in [0.15, 0.2) is 0 Å². The van der Waals surface area contributed by atoms with Crippen LogP contribution in [0.2, 0.25) is 0 Å². The molecule has 3 nitrogen and oxygen atoms in total. The topological polar surface area (TPSA) is 45.1 Å². The molecule has 1 aliphatic rings. The quantitative estimate of drug-likeness (QED) is 0.814. The lowest BCUT2D eigenvalue weighted by atomic mass is 10.1. The molecule has 1 saturated carbocycles. The molecule has 6 heteroatoms. The molecule has 2 unspecified atom stereocenters. The van der Waals surface area contributed by atoms with E-state index in [1.807, 2.05) is 0 Å². The zero-order valence-electron chi connectivity index (χ0n) is 10.5. The van der Waals surface area contributed by atoms with Crippen LogP contribution >= 0.6 is 0 Å². The molecule has 1 aliphatic carbocycles. The first-order valence-corrected chi connectivity index (χ1v) is 6.44. The van der Waals surface area contributed by atoms with E-state index in [-0.39, 0.29) is 6.04 Å². The van der Waals surface area contributed by atoms with Crippen molar-refractivity contribution in [2.24, 2.45) is 0 Å². The third-order valence-electron chi connectivity index (χ3n) is 3.40. The first-order valence-electron chi connectivity index (χ1n) is 6.44. The van der Waals surface area contributed by atoms with Crippen LogP contribution in [0.25, 0.3) is 0 Å². The number of aromatic nitrogens is 1. The number of nitrogens with zero attached hydrogens (tertiary/aromatic N) is 1. The number of anilines is 1. The first kappa shape index (κ1) is 14.1. The lowest BCUT2D eigenvalue weighted by Gasteiger charge is -2.22. The first-order chi connectivity index (χ1) is 8.97. The van der Waals surface area contributed by atoms with Crippen molar-refractivity contribution < 1.29 is 18.3 Å². The minimum Gasteiger partial charge on any atom is -0.391 e. The molecule has 1 heterocycles. The van der Waals surface area contributed by atoms with Gasteiger partial charge in [0.25, 0.3) is 0 Å². The molecule has 2 rings (SSSR count). The van der Waals surface area contributed by atoms with E-state index in [9.17, 15) is 18.3 Å². The van der Waals surface area contributed by atoms with Gasteiger partial charge < -0.3 is 10.4 Å². The molecular formula is C13H17F3N2O. The van der Waals surface area contributed by atoms with Crippen LogP contribution in [-0.4, -0.2) is 22.2 Å². The third kappa shape index (κ3) is 3.83. The molecule has 1 aromatic rings. The Balaban J connectivity index is 2.02. The van der Waals surface area contributed by atoms with E-state index in [2.05, 4.69) is 10.3 Å². The van der Waals surface area contributed by atoms with Crippen molar-refractivity contribution in [3.63, 3.8) is 0 Å². The van der Waals surface area contributed by atoms with Crippen LogP contribution in [0.3, 0.4) is 0 Å². The van der Waals surface area contributed by atoms with Crippen LogP contribution in [0.15, 0.2) is 18.3 Å². The van der Waals surface area contributed by atoms with Crippen LogP contribution in [0.1, 0.15) is 37.7 Å². The molecule has 2 N–H and O–H groups in total. The fourth-order valence-electron chi connectivity index (χ4n) is 2.29. The SMILES string of the molecule is OC1CCCCCC1Nc1ccc(C(F)(F)F)cn1. The van der Waals surface area contributed by atoms with Gasteiger partial charge in [0.05, 0.1) is 17.7 Å². The van der Waals surface area contributed by atoms with Crippen LogP contribution in [0.5, 0.6) is 0 Å². The summed E-state index contributed by atoms with van der Waals surface area (Å²) >= 11 is 0. The van der Waals surface area contributed by atoms with Crippen LogP contribution in [0, 0.1) is 0 Å². The van der Waals surface area contributed by atoms with Gasteiger partial charge in [-0.05, 0) is 25.0 Å². The number of hydrogen-bond donors (Lipinski definition) is 2. The standard InChI is InChI=1S/C13H17F3N2O/c14-13(15,16)9-6-7-12(17-8-9)18-10-4-2-1-3-5-11(10)19/h6-8,10-11,19H,1-5H2,(H,17,18). The molecule has 0 bridgehead atoms. The van der Waals surface area contributed by atoms with Gasteiger partial charge in [-0.2, -0.15) is 13.2 Å².